The standard InChI is InChI=1S/C14H21N3O4S2/c1-9-5-6-11(22-9)12(18)14(23(2,20)21)17(15)13(19)10-4-3-7-16-8-10/h5-6,10,14,16H,3-4,7-8,15H2,1-2H3. The molecule has 9 heteroatoms. The molecule has 1 amide bonds. The van der Waals surface area contributed by atoms with Crippen molar-refractivity contribution in [2.45, 2.75) is 25.1 Å². The van der Waals surface area contributed by atoms with Gasteiger partial charge >= 0.3 is 0 Å². The molecule has 0 aromatic carbocycles. The predicted octanol–water partition coefficient (Wildman–Crippen LogP) is 0.312. The van der Waals surface area contributed by atoms with Gasteiger partial charge in [-0.3, -0.25) is 14.6 Å². The largest absolute Gasteiger partial charge is 0.316 e. The van der Waals surface area contributed by atoms with Gasteiger partial charge in [0, 0.05) is 17.7 Å². The number of hydrazine groups is 1. The van der Waals surface area contributed by atoms with E-state index in [4.69, 9.17) is 5.84 Å². The molecule has 2 unspecified atom stereocenters. The van der Waals surface area contributed by atoms with E-state index in [0.717, 1.165) is 24.1 Å². The normalized spacial score (nSPS) is 20.0. The molecule has 1 fully saturated rings. The number of piperidine rings is 1. The lowest BCUT2D eigenvalue weighted by Gasteiger charge is -2.30. The Balaban J connectivity index is 2.27. The lowest BCUT2D eigenvalue weighted by atomic mass is 9.98. The first-order chi connectivity index (χ1) is 10.7. The Morgan fingerprint density at radius 1 is 1.43 bits per heavy atom. The average Bonchev–Trinajstić information content (AvgIpc) is 2.92. The number of carbonyl (C=O) groups excluding carboxylic acids is 2. The number of thiophene rings is 1. The zero-order valence-corrected chi connectivity index (χ0v) is 14.7. The molecule has 2 rings (SSSR count). The van der Waals surface area contributed by atoms with Crippen LogP contribution in [0.15, 0.2) is 12.1 Å². The van der Waals surface area contributed by atoms with Crippen molar-refractivity contribution in [1.82, 2.24) is 10.3 Å². The van der Waals surface area contributed by atoms with Gasteiger partial charge in [-0.2, -0.15) is 0 Å². The molecule has 3 N–H and O–H groups in total. The lowest BCUT2D eigenvalue weighted by molar-refractivity contribution is -0.136. The van der Waals surface area contributed by atoms with Crippen LogP contribution in [0.5, 0.6) is 0 Å². The SMILES string of the molecule is Cc1ccc(C(=O)C(N(N)C(=O)C2CCCNC2)S(C)(=O)=O)s1. The minimum absolute atomic E-state index is 0.281. The molecule has 0 spiro atoms. The third-order valence-electron chi connectivity index (χ3n) is 3.77. The summed E-state index contributed by atoms with van der Waals surface area (Å²) in [5.41, 5.74) is 0. The Hall–Kier alpha value is -1.29. The maximum atomic E-state index is 12.6. The Labute approximate surface area is 139 Å². The predicted molar refractivity (Wildman–Crippen MR) is 88.6 cm³/mol. The monoisotopic (exact) mass is 359 g/mol. The average molecular weight is 359 g/mol. The highest BCUT2D eigenvalue weighted by molar-refractivity contribution is 7.92. The molecule has 1 saturated heterocycles. The topological polar surface area (TPSA) is 110 Å². The molecule has 1 aromatic rings. The maximum Gasteiger partial charge on any atom is 0.242 e. The van der Waals surface area contributed by atoms with Gasteiger partial charge in [0.05, 0.1) is 10.8 Å². The number of Topliss-reactive ketones (excluding diaryl/α,β-unsaturated/α-hetero) is 1. The number of carbonyl (C=O) groups is 2. The van der Waals surface area contributed by atoms with Crippen LogP contribution in [0.3, 0.4) is 0 Å². The number of nitrogens with two attached hydrogens (primary N) is 1. The Kier molecular flexibility index (Phi) is 5.56. The molecule has 0 radical (unpaired) electrons. The molecule has 2 atom stereocenters. The van der Waals surface area contributed by atoms with Gasteiger partial charge in [-0.15, -0.1) is 11.3 Å². The molecule has 1 aliphatic heterocycles. The fourth-order valence-corrected chi connectivity index (χ4v) is 4.54. The van der Waals surface area contributed by atoms with Gasteiger partial charge in [0.2, 0.25) is 17.1 Å². The van der Waals surface area contributed by atoms with Crippen LogP contribution >= 0.6 is 11.3 Å². The van der Waals surface area contributed by atoms with Crippen molar-refractivity contribution in [3.8, 4) is 0 Å². The van der Waals surface area contributed by atoms with E-state index in [2.05, 4.69) is 5.32 Å². The second-order valence-electron chi connectivity index (χ2n) is 5.75. The third kappa shape index (κ3) is 4.17. The number of nitrogens with one attached hydrogen (secondary N) is 1. The highest BCUT2D eigenvalue weighted by Crippen LogP contribution is 2.22. The zero-order chi connectivity index (χ0) is 17.2. The summed E-state index contributed by atoms with van der Waals surface area (Å²) < 4.78 is 24.2. The van der Waals surface area contributed by atoms with E-state index in [9.17, 15) is 18.0 Å². The summed E-state index contributed by atoms with van der Waals surface area (Å²) in [7, 11) is -3.87. The lowest BCUT2D eigenvalue weighted by Crippen LogP contribution is -2.56. The van der Waals surface area contributed by atoms with E-state index in [0.29, 0.717) is 18.0 Å². The second kappa shape index (κ2) is 7.08. The van der Waals surface area contributed by atoms with Gasteiger partial charge in [-0.25, -0.2) is 14.3 Å². The van der Waals surface area contributed by atoms with Crippen LogP contribution in [0.2, 0.25) is 0 Å². The van der Waals surface area contributed by atoms with Gasteiger partial charge < -0.3 is 5.32 Å². The third-order valence-corrected chi connectivity index (χ3v) is 6.03. The van der Waals surface area contributed by atoms with Crippen molar-refractivity contribution in [3.63, 3.8) is 0 Å². The molecule has 0 saturated carbocycles. The van der Waals surface area contributed by atoms with Gasteiger partial charge in [0.1, 0.15) is 0 Å². The molecule has 0 aliphatic carbocycles. The first-order valence-corrected chi connectivity index (χ1v) is 10.1. The number of aryl methyl sites for hydroxylation is 1. The second-order valence-corrected chi connectivity index (χ2v) is 9.14. The minimum Gasteiger partial charge on any atom is -0.316 e. The highest BCUT2D eigenvalue weighted by Gasteiger charge is 2.39. The summed E-state index contributed by atoms with van der Waals surface area (Å²) in [6.07, 6.45) is 2.36. The summed E-state index contributed by atoms with van der Waals surface area (Å²) in [5, 5.41) is 1.99. The van der Waals surface area contributed by atoms with Crippen LogP contribution in [0, 0.1) is 12.8 Å². The first kappa shape index (κ1) is 18.1. The van der Waals surface area contributed by atoms with Crippen molar-refractivity contribution in [3.05, 3.63) is 21.9 Å². The van der Waals surface area contributed by atoms with Crippen molar-refractivity contribution in [2.75, 3.05) is 19.3 Å². The van der Waals surface area contributed by atoms with E-state index < -0.39 is 32.8 Å². The van der Waals surface area contributed by atoms with Crippen LogP contribution in [0.25, 0.3) is 0 Å². The molecule has 1 aliphatic rings. The quantitative estimate of drug-likeness (QED) is 0.339. The first-order valence-electron chi connectivity index (χ1n) is 7.30. The van der Waals surface area contributed by atoms with Crippen LogP contribution in [-0.2, 0) is 14.6 Å². The van der Waals surface area contributed by atoms with Crippen LogP contribution < -0.4 is 11.2 Å². The van der Waals surface area contributed by atoms with E-state index in [1.165, 1.54) is 11.3 Å². The molecular weight excluding hydrogens is 338 g/mol. The Morgan fingerprint density at radius 2 is 2.13 bits per heavy atom. The smallest absolute Gasteiger partial charge is 0.242 e. The number of hydrogen-bond acceptors (Lipinski definition) is 7. The summed E-state index contributed by atoms with van der Waals surface area (Å²) in [6.45, 7) is 3.07. The molecule has 7 nitrogen and oxygen atoms in total. The van der Waals surface area contributed by atoms with Crippen molar-refractivity contribution >= 4 is 32.9 Å². The van der Waals surface area contributed by atoms with Gasteiger partial charge in [0.25, 0.3) is 0 Å². The van der Waals surface area contributed by atoms with Crippen molar-refractivity contribution < 1.29 is 18.0 Å². The molecule has 1 aromatic heterocycles. The van der Waals surface area contributed by atoms with Crippen molar-refractivity contribution in [1.29, 1.82) is 0 Å². The van der Waals surface area contributed by atoms with Gasteiger partial charge in [-0.05, 0) is 38.4 Å². The van der Waals surface area contributed by atoms with Crippen LogP contribution in [0.4, 0.5) is 0 Å². The molecule has 128 valence electrons. The van der Waals surface area contributed by atoms with Gasteiger partial charge in [-0.1, -0.05) is 0 Å². The Morgan fingerprint density at radius 3 is 2.61 bits per heavy atom. The summed E-state index contributed by atoms with van der Waals surface area (Å²) >= 11 is 1.19. The van der Waals surface area contributed by atoms with E-state index in [1.54, 1.807) is 12.1 Å². The number of hydrogen-bond donors (Lipinski definition) is 2. The molecular formula is C14H21N3O4S2. The Bertz CT molecular complexity index is 693. The van der Waals surface area contributed by atoms with Crippen molar-refractivity contribution in [2.24, 2.45) is 11.8 Å². The maximum absolute atomic E-state index is 12.6. The van der Waals surface area contributed by atoms with Crippen LogP contribution in [0.1, 0.15) is 27.4 Å². The molecule has 0 bridgehead atoms. The van der Waals surface area contributed by atoms with Crippen LogP contribution in [-0.4, -0.2) is 49.8 Å². The van der Waals surface area contributed by atoms with E-state index in [1.807, 2.05) is 6.92 Å². The zero-order valence-electron chi connectivity index (χ0n) is 13.1. The summed E-state index contributed by atoms with van der Waals surface area (Å²) in [4.78, 5) is 26.2. The number of sulfone groups is 1. The fraction of sp³-hybridized carbons (Fsp3) is 0.571. The minimum atomic E-state index is -3.87. The number of amides is 1. The van der Waals surface area contributed by atoms with E-state index in [-0.39, 0.29) is 4.88 Å². The van der Waals surface area contributed by atoms with E-state index >= 15 is 0 Å². The molecule has 23 heavy (non-hydrogen) atoms. The highest BCUT2D eigenvalue weighted by atomic mass is 32.2. The molecule has 2 heterocycles. The number of ketones is 1. The summed E-state index contributed by atoms with van der Waals surface area (Å²) in [5.74, 6) is 4.20. The van der Waals surface area contributed by atoms with Gasteiger partial charge in [0.15, 0.2) is 9.84 Å². The number of rotatable bonds is 5. The summed E-state index contributed by atoms with van der Waals surface area (Å²) in [6, 6.07) is 3.28. The fourth-order valence-electron chi connectivity index (χ4n) is 2.60. The number of nitrogens with zero attached hydrogens (tertiary/aromatic N) is 1.